The van der Waals surface area contributed by atoms with Gasteiger partial charge in [0.1, 0.15) is 5.75 Å². The lowest BCUT2D eigenvalue weighted by atomic mass is 9.94. The van der Waals surface area contributed by atoms with Crippen molar-refractivity contribution in [1.82, 2.24) is 5.32 Å². The molecule has 0 aliphatic heterocycles. The third-order valence-corrected chi connectivity index (χ3v) is 3.78. The molecule has 0 radical (unpaired) electrons. The fourth-order valence-corrected chi connectivity index (χ4v) is 2.62. The molecule has 0 bridgehead atoms. The van der Waals surface area contributed by atoms with Crippen LogP contribution in [0.4, 0.5) is 0 Å². The molecule has 0 heterocycles. The summed E-state index contributed by atoms with van der Waals surface area (Å²) in [6, 6.07) is 8.67. The van der Waals surface area contributed by atoms with Crippen molar-refractivity contribution in [2.45, 2.75) is 39.2 Å². The maximum atomic E-state index is 5.70. The lowest BCUT2D eigenvalue weighted by Gasteiger charge is -2.23. The predicted molar refractivity (Wildman–Crippen MR) is 80.5 cm³/mol. The minimum atomic E-state index is 0.341. The van der Waals surface area contributed by atoms with Crippen molar-refractivity contribution in [3.63, 3.8) is 0 Å². The highest BCUT2D eigenvalue weighted by Crippen LogP contribution is 2.25. The van der Waals surface area contributed by atoms with Crippen LogP contribution in [-0.2, 0) is 0 Å². The number of para-hydroxylation sites is 1. The average Bonchev–Trinajstić information content (AvgIpc) is 2.47. The van der Waals surface area contributed by atoms with Crippen LogP contribution in [0.25, 0.3) is 0 Å². The molecular formula is C17H25NO. The molecule has 0 spiro atoms. The third kappa shape index (κ3) is 4.10. The lowest BCUT2D eigenvalue weighted by Crippen LogP contribution is -2.26. The molecule has 2 atom stereocenters. The highest BCUT2D eigenvalue weighted by Gasteiger charge is 2.14. The first-order valence-corrected chi connectivity index (χ1v) is 7.41. The second kappa shape index (κ2) is 7.34. The van der Waals surface area contributed by atoms with E-state index in [4.69, 9.17) is 4.74 Å². The minimum absolute atomic E-state index is 0.341. The summed E-state index contributed by atoms with van der Waals surface area (Å²) in [5, 5.41) is 3.65. The van der Waals surface area contributed by atoms with Gasteiger partial charge in [0, 0.05) is 11.6 Å². The van der Waals surface area contributed by atoms with Crippen molar-refractivity contribution in [2.75, 3.05) is 13.2 Å². The maximum absolute atomic E-state index is 5.70. The molecule has 1 aromatic carbocycles. The van der Waals surface area contributed by atoms with Gasteiger partial charge in [-0.25, -0.2) is 0 Å². The predicted octanol–water partition coefficient (Wildman–Crippen LogP) is 4.09. The van der Waals surface area contributed by atoms with Crippen LogP contribution in [0.5, 0.6) is 5.75 Å². The minimum Gasteiger partial charge on any atom is -0.494 e. The van der Waals surface area contributed by atoms with Gasteiger partial charge >= 0.3 is 0 Å². The van der Waals surface area contributed by atoms with Gasteiger partial charge in [0.05, 0.1) is 6.61 Å². The zero-order chi connectivity index (χ0) is 13.5. The molecule has 1 aliphatic rings. The van der Waals surface area contributed by atoms with Crippen molar-refractivity contribution in [3.8, 4) is 5.75 Å². The SMILES string of the molecule is CCOc1ccccc1C(C)NCC1CC=CCC1. The molecule has 2 unspecified atom stereocenters. The van der Waals surface area contributed by atoms with E-state index < -0.39 is 0 Å². The molecule has 2 nitrogen and oxygen atoms in total. The molecule has 0 amide bonds. The molecule has 1 aliphatic carbocycles. The number of hydrogen-bond acceptors (Lipinski definition) is 2. The largest absolute Gasteiger partial charge is 0.494 e. The van der Waals surface area contributed by atoms with Crippen molar-refractivity contribution in [1.29, 1.82) is 0 Å². The van der Waals surface area contributed by atoms with Crippen LogP contribution >= 0.6 is 0 Å². The van der Waals surface area contributed by atoms with Crippen LogP contribution in [0.1, 0.15) is 44.7 Å². The van der Waals surface area contributed by atoms with E-state index in [2.05, 4.69) is 42.6 Å². The van der Waals surface area contributed by atoms with Gasteiger partial charge in [-0.2, -0.15) is 0 Å². The fourth-order valence-electron chi connectivity index (χ4n) is 2.62. The summed E-state index contributed by atoms with van der Waals surface area (Å²) in [5.41, 5.74) is 1.26. The Morgan fingerprint density at radius 3 is 2.89 bits per heavy atom. The second-order valence-corrected chi connectivity index (χ2v) is 5.25. The smallest absolute Gasteiger partial charge is 0.124 e. The number of rotatable bonds is 6. The summed E-state index contributed by atoms with van der Waals surface area (Å²) in [6.07, 6.45) is 8.37. The highest BCUT2D eigenvalue weighted by molar-refractivity contribution is 5.35. The summed E-state index contributed by atoms with van der Waals surface area (Å²) >= 11 is 0. The summed E-state index contributed by atoms with van der Waals surface area (Å²) in [4.78, 5) is 0. The Morgan fingerprint density at radius 2 is 2.16 bits per heavy atom. The summed E-state index contributed by atoms with van der Waals surface area (Å²) < 4.78 is 5.70. The van der Waals surface area contributed by atoms with Gasteiger partial charge < -0.3 is 10.1 Å². The van der Waals surface area contributed by atoms with Crippen molar-refractivity contribution in [2.24, 2.45) is 5.92 Å². The van der Waals surface area contributed by atoms with Crippen LogP contribution in [0.3, 0.4) is 0 Å². The molecule has 2 heteroatoms. The van der Waals surface area contributed by atoms with Gasteiger partial charge in [-0.05, 0) is 51.6 Å². The highest BCUT2D eigenvalue weighted by atomic mass is 16.5. The van der Waals surface area contributed by atoms with Crippen LogP contribution in [0, 0.1) is 5.92 Å². The Labute approximate surface area is 116 Å². The van der Waals surface area contributed by atoms with E-state index in [0.29, 0.717) is 6.04 Å². The number of ether oxygens (including phenoxy) is 1. The number of benzene rings is 1. The molecule has 0 fully saturated rings. The molecule has 0 aromatic heterocycles. The van der Waals surface area contributed by atoms with E-state index in [9.17, 15) is 0 Å². The number of nitrogens with one attached hydrogen (secondary N) is 1. The molecule has 19 heavy (non-hydrogen) atoms. The maximum Gasteiger partial charge on any atom is 0.124 e. The van der Waals surface area contributed by atoms with Gasteiger partial charge in [0.15, 0.2) is 0 Å². The van der Waals surface area contributed by atoms with Gasteiger partial charge in [0.2, 0.25) is 0 Å². The standard InChI is InChI=1S/C17H25NO/c1-3-19-17-12-8-7-11-16(17)14(2)18-13-15-9-5-4-6-10-15/h4-5,7-8,11-12,14-15,18H,3,6,9-10,13H2,1-2H3. The summed E-state index contributed by atoms with van der Waals surface area (Å²) in [6.45, 7) is 6.06. The Kier molecular flexibility index (Phi) is 5.46. The summed E-state index contributed by atoms with van der Waals surface area (Å²) in [5.74, 6) is 1.79. The van der Waals surface area contributed by atoms with Gasteiger partial charge in [0.25, 0.3) is 0 Å². The van der Waals surface area contributed by atoms with E-state index in [1.54, 1.807) is 0 Å². The lowest BCUT2D eigenvalue weighted by molar-refractivity contribution is 0.330. The van der Waals surface area contributed by atoms with E-state index in [-0.39, 0.29) is 0 Å². The molecule has 1 N–H and O–H groups in total. The monoisotopic (exact) mass is 259 g/mol. The molecule has 104 valence electrons. The van der Waals surface area contributed by atoms with Crippen molar-refractivity contribution >= 4 is 0 Å². The molecule has 0 saturated heterocycles. The zero-order valence-corrected chi connectivity index (χ0v) is 12.1. The van der Waals surface area contributed by atoms with Crippen LogP contribution in [-0.4, -0.2) is 13.2 Å². The van der Waals surface area contributed by atoms with E-state index in [1.165, 1.54) is 24.8 Å². The molecular weight excluding hydrogens is 234 g/mol. The zero-order valence-electron chi connectivity index (χ0n) is 12.1. The van der Waals surface area contributed by atoms with Crippen LogP contribution in [0.2, 0.25) is 0 Å². The first-order valence-electron chi connectivity index (χ1n) is 7.41. The molecule has 1 aromatic rings. The molecule has 0 saturated carbocycles. The Hall–Kier alpha value is -1.28. The molecule has 2 rings (SSSR count). The number of allylic oxidation sites excluding steroid dienone is 2. The fraction of sp³-hybridized carbons (Fsp3) is 0.529. The Balaban J connectivity index is 1.91. The van der Waals surface area contributed by atoms with Gasteiger partial charge in [-0.3, -0.25) is 0 Å². The Morgan fingerprint density at radius 1 is 1.32 bits per heavy atom. The second-order valence-electron chi connectivity index (χ2n) is 5.25. The first-order chi connectivity index (χ1) is 9.31. The van der Waals surface area contributed by atoms with Crippen molar-refractivity contribution < 1.29 is 4.74 Å². The third-order valence-electron chi connectivity index (χ3n) is 3.78. The Bertz CT molecular complexity index is 413. The van der Waals surface area contributed by atoms with Gasteiger partial charge in [-0.15, -0.1) is 0 Å². The van der Waals surface area contributed by atoms with E-state index in [1.807, 2.05) is 13.0 Å². The van der Waals surface area contributed by atoms with Crippen LogP contribution < -0.4 is 10.1 Å². The van der Waals surface area contributed by atoms with Crippen LogP contribution in [0.15, 0.2) is 36.4 Å². The number of hydrogen-bond donors (Lipinski definition) is 1. The van der Waals surface area contributed by atoms with Crippen molar-refractivity contribution in [3.05, 3.63) is 42.0 Å². The topological polar surface area (TPSA) is 21.3 Å². The summed E-state index contributed by atoms with van der Waals surface area (Å²) in [7, 11) is 0. The average molecular weight is 259 g/mol. The quantitative estimate of drug-likeness (QED) is 0.777. The van der Waals surface area contributed by atoms with E-state index >= 15 is 0 Å². The van der Waals surface area contributed by atoms with Gasteiger partial charge in [-0.1, -0.05) is 30.4 Å². The normalized spacial score (nSPS) is 20.2. The van der Waals surface area contributed by atoms with E-state index in [0.717, 1.165) is 24.8 Å². The first kappa shape index (κ1) is 14.1.